The average molecular weight is 237 g/mol. The van der Waals surface area contributed by atoms with Gasteiger partial charge in [0.1, 0.15) is 0 Å². The summed E-state index contributed by atoms with van der Waals surface area (Å²) < 4.78 is 0. The molecule has 1 N–H and O–H groups in total. The van der Waals surface area contributed by atoms with Gasteiger partial charge in [-0.2, -0.15) is 0 Å². The first-order valence-electron chi connectivity index (χ1n) is 6.26. The van der Waals surface area contributed by atoms with Gasteiger partial charge in [-0.1, -0.05) is 42.3 Å². The first kappa shape index (κ1) is 12.7. The van der Waals surface area contributed by atoms with Crippen molar-refractivity contribution in [3.8, 4) is 12.3 Å². The zero-order valence-electron chi connectivity index (χ0n) is 11.2. The second-order valence-corrected chi connectivity index (χ2v) is 5.24. The van der Waals surface area contributed by atoms with Crippen LogP contribution in [0, 0.1) is 12.3 Å². The molecule has 0 aromatic heterocycles. The number of nitrogens with one attached hydrogen (secondary N) is 1. The molecule has 0 aliphatic heterocycles. The number of hydrogen-bond donors (Lipinski definition) is 1. The van der Waals surface area contributed by atoms with Gasteiger partial charge in [-0.05, 0) is 43.2 Å². The Kier molecular flexibility index (Phi) is 3.41. The molecule has 0 aliphatic rings. The van der Waals surface area contributed by atoms with Gasteiger partial charge in [-0.15, -0.1) is 6.42 Å². The van der Waals surface area contributed by atoms with E-state index in [0.717, 1.165) is 0 Å². The van der Waals surface area contributed by atoms with E-state index < -0.39 is 0 Å². The minimum Gasteiger partial charge on any atom is -0.295 e. The van der Waals surface area contributed by atoms with Gasteiger partial charge < -0.3 is 0 Å². The Balaban J connectivity index is 2.29. The van der Waals surface area contributed by atoms with E-state index in [1.165, 1.54) is 16.3 Å². The molecule has 0 spiro atoms. The van der Waals surface area contributed by atoms with Crippen LogP contribution >= 0.6 is 0 Å². The van der Waals surface area contributed by atoms with E-state index in [2.05, 4.69) is 60.6 Å². The molecule has 0 aliphatic carbocycles. The Morgan fingerprint density at radius 2 is 1.78 bits per heavy atom. The van der Waals surface area contributed by atoms with Gasteiger partial charge in [0.2, 0.25) is 0 Å². The molecule has 1 unspecified atom stereocenters. The quantitative estimate of drug-likeness (QED) is 0.798. The summed E-state index contributed by atoms with van der Waals surface area (Å²) in [5.74, 6) is 2.77. The van der Waals surface area contributed by atoms with Crippen molar-refractivity contribution in [3.05, 3.63) is 48.0 Å². The molecule has 0 saturated carbocycles. The van der Waals surface area contributed by atoms with Crippen LogP contribution in [0.5, 0.6) is 0 Å². The summed E-state index contributed by atoms with van der Waals surface area (Å²) in [6.07, 6.45) is 5.51. The van der Waals surface area contributed by atoms with Crippen molar-refractivity contribution in [1.29, 1.82) is 0 Å². The third kappa shape index (κ3) is 2.72. The van der Waals surface area contributed by atoms with Gasteiger partial charge in [0.25, 0.3) is 0 Å². The lowest BCUT2D eigenvalue weighted by Crippen LogP contribution is -2.39. The third-order valence-electron chi connectivity index (χ3n) is 3.21. The zero-order chi connectivity index (χ0) is 13.2. The maximum Gasteiger partial charge on any atom is 0.0745 e. The lowest BCUT2D eigenvalue weighted by Gasteiger charge is -2.25. The van der Waals surface area contributed by atoms with E-state index in [4.69, 9.17) is 6.42 Å². The lowest BCUT2D eigenvalue weighted by atomic mass is 9.99. The van der Waals surface area contributed by atoms with Crippen LogP contribution in [0.15, 0.2) is 42.5 Å². The molecule has 0 saturated heterocycles. The van der Waals surface area contributed by atoms with Crippen molar-refractivity contribution in [3.63, 3.8) is 0 Å². The van der Waals surface area contributed by atoms with E-state index in [1.807, 2.05) is 13.8 Å². The number of benzene rings is 2. The first-order chi connectivity index (χ1) is 8.52. The fraction of sp³-hybridized carbons (Fsp3) is 0.294. The summed E-state index contributed by atoms with van der Waals surface area (Å²) in [7, 11) is 0. The topological polar surface area (TPSA) is 12.0 Å². The molecular weight excluding hydrogens is 218 g/mol. The molecule has 0 heterocycles. The van der Waals surface area contributed by atoms with Gasteiger partial charge >= 0.3 is 0 Å². The SMILES string of the molecule is C#CC(C)(C)NC(C)c1ccc2ccccc2c1. The van der Waals surface area contributed by atoms with Crippen LogP contribution < -0.4 is 5.32 Å². The van der Waals surface area contributed by atoms with Crippen molar-refractivity contribution < 1.29 is 0 Å². The minimum atomic E-state index is -0.287. The predicted molar refractivity (Wildman–Crippen MR) is 78.4 cm³/mol. The second-order valence-electron chi connectivity index (χ2n) is 5.24. The number of hydrogen-bond acceptors (Lipinski definition) is 1. The summed E-state index contributed by atoms with van der Waals surface area (Å²) in [4.78, 5) is 0. The highest BCUT2D eigenvalue weighted by Crippen LogP contribution is 2.21. The van der Waals surface area contributed by atoms with Crippen LogP contribution in [0.3, 0.4) is 0 Å². The molecule has 2 aromatic carbocycles. The monoisotopic (exact) mass is 237 g/mol. The van der Waals surface area contributed by atoms with Crippen LogP contribution in [0.4, 0.5) is 0 Å². The highest BCUT2D eigenvalue weighted by molar-refractivity contribution is 5.83. The van der Waals surface area contributed by atoms with Crippen molar-refractivity contribution in [2.75, 3.05) is 0 Å². The van der Waals surface area contributed by atoms with E-state index in [0.29, 0.717) is 0 Å². The minimum absolute atomic E-state index is 0.237. The maximum atomic E-state index is 5.51. The van der Waals surface area contributed by atoms with Crippen molar-refractivity contribution in [2.45, 2.75) is 32.4 Å². The first-order valence-corrected chi connectivity index (χ1v) is 6.26. The number of terminal acetylenes is 1. The maximum absolute atomic E-state index is 5.51. The van der Waals surface area contributed by atoms with Crippen LogP contribution in [0.1, 0.15) is 32.4 Å². The standard InChI is InChI=1S/C17H19N/c1-5-17(3,4)18-13(2)15-11-10-14-8-6-7-9-16(14)12-15/h1,6-13,18H,2-4H3. The molecule has 1 atom stereocenters. The van der Waals surface area contributed by atoms with E-state index in [1.54, 1.807) is 0 Å². The molecule has 0 amide bonds. The summed E-state index contributed by atoms with van der Waals surface area (Å²) in [6, 6.07) is 15.2. The Labute approximate surface area is 109 Å². The molecule has 2 rings (SSSR count). The average Bonchev–Trinajstić information content (AvgIpc) is 2.37. The Hall–Kier alpha value is -1.78. The molecule has 1 nitrogen and oxygen atoms in total. The number of fused-ring (bicyclic) bond motifs is 1. The van der Waals surface area contributed by atoms with Crippen molar-refractivity contribution in [1.82, 2.24) is 5.32 Å². The molecule has 0 bridgehead atoms. The summed E-state index contributed by atoms with van der Waals surface area (Å²) in [6.45, 7) is 6.18. The van der Waals surface area contributed by atoms with Gasteiger partial charge in [-0.25, -0.2) is 0 Å². The Morgan fingerprint density at radius 1 is 1.11 bits per heavy atom. The Bertz CT molecular complexity index is 590. The zero-order valence-corrected chi connectivity index (χ0v) is 11.2. The van der Waals surface area contributed by atoms with Gasteiger partial charge in [0.15, 0.2) is 0 Å². The lowest BCUT2D eigenvalue weighted by molar-refractivity contribution is 0.432. The van der Waals surface area contributed by atoms with Crippen LogP contribution in [-0.4, -0.2) is 5.54 Å². The molecule has 1 heteroatoms. The highest BCUT2D eigenvalue weighted by atomic mass is 15.0. The van der Waals surface area contributed by atoms with Crippen LogP contribution in [0.25, 0.3) is 10.8 Å². The normalized spacial score (nSPS) is 13.2. The fourth-order valence-electron chi connectivity index (χ4n) is 2.14. The van der Waals surface area contributed by atoms with Crippen molar-refractivity contribution >= 4 is 10.8 Å². The van der Waals surface area contributed by atoms with Crippen LogP contribution in [0.2, 0.25) is 0 Å². The summed E-state index contributed by atoms with van der Waals surface area (Å²) >= 11 is 0. The van der Waals surface area contributed by atoms with Gasteiger partial charge in [0, 0.05) is 6.04 Å². The van der Waals surface area contributed by atoms with E-state index >= 15 is 0 Å². The Morgan fingerprint density at radius 3 is 2.44 bits per heavy atom. The predicted octanol–water partition coefficient (Wildman–Crippen LogP) is 3.90. The molecule has 0 fully saturated rings. The van der Waals surface area contributed by atoms with Crippen molar-refractivity contribution in [2.24, 2.45) is 0 Å². The molecule has 0 radical (unpaired) electrons. The highest BCUT2D eigenvalue weighted by Gasteiger charge is 2.17. The fourth-order valence-corrected chi connectivity index (χ4v) is 2.14. The van der Waals surface area contributed by atoms with Crippen LogP contribution in [-0.2, 0) is 0 Å². The largest absolute Gasteiger partial charge is 0.295 e. The molecular formula is C17H19N. The number of rotatable bonds is 3. The van der Waals surface area contributed by atoms with E-state index in [9.17, 15) is 0 Å². The molecule has 92 valence electrons. The van der Waals surface area contributed by atoms with E-state index in [-0.39, 0.29) is 11.6 Å². The molecule has 2 aromatic rings. The summed E-state index contributed by atoms with van der Waals surface area (Å²) in [5.41, 5.74) is 0.974. The van der Waals surface area contributed by atoms with Gasteiger partial charge in [-0.3, -0.25) is 5.32 Å². The molecule has 18 heavy (non-hydrogen) atoms. The summed E-state index contributed by atoms with van der Waals surface area (Å²) in [5, 5.41) is 5.98. The third-order valence-corrected chi connectivity index (χ3v) is 3.21. The van der Waals surface area contributed by atoms with Gasteiger partial charge in [0.05, 0.1) is 5.54 Å². The smallest absolute Gasteiger partial charge is 0.0745 e. The second kappa shape index (κ2) is 4.84.